The van der Waals surface area contributed by atoms with Crippen LogP contribution in [0.25, 0.3) is 11.1 Å². The number of nitrogens with zero attached hydrogens (tertiary/aromatic N) is 2. The summed E-state index contributed by atoms with van der Waals surface area (Å²) in [4.78, 5) is 14.9. The van der Waals surface area contributed by atoms with Gasteiger partial charge in [-0.3, -0.25) is 4.79 Å². The number of hydrogen-bond donors (Lipinski definition) is 1. The number of amides is 1. The van der Waals surface area contributed by atoms with Crippen LogP contribution in [0.5, 0.6) is 0 Å². The fraction of sp³-hybridized carbons (Fsp3) is 0.316. The van der Waals surface area contributed by atoms with Gasteiger partial charge in [0.25, 0.3) is 5.91 Å². The first-order chi connectivity index (χ1) is 11.7. The lowest BCUT2D eigenvalue weighted by Gasteiger charge is -2.28. The Morgan fingerprint density at radius 2 is 1.83 bits per heavy atom. The maximum Gasteiger partial charge on any atom is 0.272 e. The molecule has 1 aliphatic rings. The van der Waals surface area contributed by atoms with Crippen molar-refractivity contribution in [3.05, 3.63) is 48.4 Å². The van der Waals surface area contributed by atoms with Crippen LogP contribution in [0.1, 0.15) is 29.8 Å². The first-order valence-corrected chi connectivity index (χ1v) is 8.42. The summed E-state index contributed by atoms with van der Waals surface area (Å²) in [5.74, 6) is -0.130. The van der Waals surface area contributed by atoms with Crippen LogP contribution in [0.15, 0.2) is 47.1 Å². The first-order valence-electron chi connectivity index (χ1n) is 8.42. The monoisotopic (exact) mass is 323 g/mol. The van der Waals surface area contributed by atoms with Crippen molar-refractivity contribution in [1.29, 1.82) is 0 Å². The number of anilines is 2. The summed E-state index contributed by atoms with van der Waals surface area (Å²) in [7, 11) is 1.87. The summed E-state index contributed by atoms with van der Waals surface area (Å²) in [6, 6.07) is 11.7. The third kappa shape index (κ3) is 2.66. The molecule has 1 amide bonds. The average molecular weight is 323 g/mol. The SMILES string of the molecule is Cn1c(C(=O)Nc2ccc(N3CCCCC3)cc2)cc2occc21. The lowest BCUT2D eigenvalue weighted by atomic mass is 10.1. The van der Waals surface area contributed by atoms with Crippen LogP contribution in [0.2, 0.25) is 0 Å². The predicted octanol–water partition coefficient (Wildman–Crippen LogP) is 4.01. The normalized spacial score (nSPS) is 15.0. The molecule has 4 rings (SSSR count). The minimum Gasteiger partial charge on any atom is -0.463 e. The first kappa shape index (κ1) is 14.9. The van der Waals surface area contributed by atoms with Gasteiger partial charge in [-0.25, -0.2) is 0 Å². The van der Waals surface area contributed by atoms with Gasteiger partial charge in [-0.05, 0) is 43.5 Å². The molecule has 0 saturated carbocycles. The number of rotatable bonds is 3. The standard InChI is InChI=1S/C19H21N3O2/c1-21-16-9-12-24-18(16)13-17(21)19(23)20-14-5-7-15(8-6-14)22-10-3-2-4-11-22/h5-9,12-13H,2-4,10-11H2,1H3,(H,20,23). The number of aromatic nitrogens is 1. The molecule has 1 aliphatic heterocycles. The largest absolute Gasteiger partial charge is 0.463 e. The fourth-order valence-electron chi connectivity index (χ4n) is 3.37. The van der Waals surface area contributed by atoms with Crippen LogP contribution in [0, 0.1) is 0 Å². The molecule has 0 radical (unpaired) electrons. The highest BCUT2D eigenvalue weighted by molar-refractivity contribution is 6.05. The fourth-order valence-corrected chi connectivity index (χ4v) is 3.37. The summed E-state index contributed by atoms with van der Waals surface area (Å²) in [6.45, 7) is 2.24. The van der Waals surface area contributed by atoms with E-state index in [1.165, 1.54) is 24.9 Å². The van der Waals surface area contributed by atoms with E-state index in [0.29, 0.717) is 5.69 Å². The Hall–Kier alpha value is -2.69. The second-order valence-electron chi connectivity index (χ2n) is 6.31. The van der Waals surface area contributed by atoms with Gasteiger partial charge in [0.15, 0.2) is 5.58 Å². The topological polar surface area (TPSA) is 50.4 Å². The zero-order valence-electron chi connectivity index (χ0n) is 13.8. The average Bonchev–Trinajstić information content (AvgIpc) is 3.20. The molecule has 5 heteroatoms. The number of carbonyl (C=O) groups excluding carboxylic acids is 1. The van der Waals surface area contributed by atoms with Gasteiger partial charge in [0.2, 0.25) is 0 Å². The van der Waals surface area contributed by atoms with Crippen LogP contribution >= 0.6 is 0 Å². The van der Waals surface area contributed by atoms with Crippen molar-refractivity contribution < 1.29 is 9.21 Å². The Kier molecular flexibility index (Phi) is 3.76. The Morgan fingerprint density at radius 1 is 1.08 bits per heavy atom. The van der Waals surface area contributed by atoms with E-state index in [0.717, 1.165) is 29.9 Å². The summed E-state index contributed by atoms with van der Waals surface area (Å²) in [5.41, 5.74) is 4.26. The number of hydrogen-bond acceptors (Lipinski definition) is 3. The lowest BCUT2D eigenvalue weighted by Crippen LogP contribution is -2.29. The van der Waals surface area contributed by atoms with E-state index in [4.69, 9.17) is 4.42 Å². The zero-order chi connectivity index (χ0) is 16.5. The van der Waals surface area contributed by atoms with Gasteiger partial charge in [-0.15, -0.1) is 0 Å². The highest BCUT2D eigenvalue weighted by Gasteiger charge is 2.16. The van der Waals surface area contributed by atoms with E-state index in [-0.39, 0.29) is 5.91 Å². The van der Waals surface area contributed by atoms with Gasteiger partial charge in [0, 0.05) is 43.6 Å². The second-order valence-corrected chi connectivity index (χ2v) is 6.31. The molecule has 24 heavy (non-hydrogen) atoms. The highest BCUT2D eigenvalue weighted by atomic mass is 16.3. The maximum absolute atomic E-state index is 12.5. The Bertz CT molecular complexity index is 855. The minimum absolute atomic E-state index is 0.130. The molecule has 1 N–H and O–H groups in total. The molecule has 3 aromatic rings. The molecule has 0 bridgehead atoms. The molecule has 2 aromatic heterocycles. The number of nitrogens with one attached hydrogen (secondary N) is 1. The van der Waals surface area contributed by atoms with Gasteiger partial charge >= 0.3 is 0 Å². The third-order valence-corrected chi connectivity index (χ3v) is 4.74. The molecule has 0 atom stereocenters. The van der Waals surface area contributed by atoms with Gasteiger partial charge in [0.1, 0.15) is 5.69 Å². The van der Waals surface area contributed by atoms with Gasteiger partial charge in [-0.1, -0.05) is 0 Å². The summed E-state index contributed by atoms with van der Waals surface area (Å²) >= 11 is 0. The van der Waals surface area contributed by atoms with E-state index >= 15 is 0 Å². The number of furan rings is 1. The number of fused-ring (bicyclic) bond motifs is 1. The van der Waals surface area contributed by atoms with Crippen LogP contribution < -0.4 is 10.2 Å². The van der Waals surface area contributed by atoms with Gasteiger partial charge < -0.3 is 19.2 Å². The van der Waals surface area contributed by atoms with Crippen LogP contribution in [-0.2, 0) is 7.05 Å². The van der Waals surface area contributed by atoms with Gasteiger partial charge in [-0.2, -0.15) is 0 Å². The molecule has 0 spiro atoms. The number of benzene rings is 1. The number of piperidine rings is 1. The van der Waals surface area contributed by atoms with E-state index in [1.54, 1.807) is 12.3 Å². The quantitative estimate of drug-likeness (QED) is 0.792. The molecule has 1 fully saturated rings. The molecular formula is C19H21N3O2. The van der Waals surface area contributed by atoms with Gasteiger partial charge in [0.05, 0.1) is 11.8 Å². The molecule has 5 nitrogen and oxygen atoms in total. The Labute approximate surface area is 140 Å². The van der Waals surface area contributed by atoms with Crippen molar-refractivity contribution in [2.24, 2.45) is 7.05 Å². The molecule has 1 saturated heterocycles. The zero-order valence-corrected chi connectivity index (χ0v) is 13.8. The summed E-state index contributed by atoms with van der Waals surface area (Å²) in [6.07, 6.45) is 5.47. The van der Waals surface area contributed by atoms with E-state index < -0.39 is 0 Å². The van der Waals surface area contributed by atoms with Crippen molar-refractivity contribution in [2.75, 3.05) is 23.3 Å². The Balaban J connectivity index is 1.49. The van der Waals surface area contributed by atoms with Crippen molar-refractivity contribution in [2.45, 2.75) is 19.3 Å². The van der Waals surface area contributed by atoms with Crippen LogP contribution in [0.3, 0.4) is 0 Å². The summed E-state index contributed by atoms with van der Waals surface area (Å²) in [5, 5.41) is 2.96. The van der Waals surface area contributed by atoms with Crippen molar-refractivity contribution in [3.63, 3.8) is 0 Å². The van der Waals surface area contributed by atoms with E-state index in [9.17, 15) is 4.79 Å². The molecule has 124 valence electrons. The molecule has 0 aliphatic carbocycles. The lowest BCUT2D eigenvalue weighted by molar-refractivity contribution is 0.101. The second kappa shape index (κ2) is 6.07. The minimum atomic E-state index is -0.130. The number of carbonyl (C=O) groups is 1. The number of aryl methyl sites for hydroxylation is 1. The van der Waals surface area contributed by atoms with E-state index in [1.807, 2.05) is 29.8 Å². The Morgan fingerprint density at radius 3 is 2.54 bits per heavy atom. The van der Waals surface area contributed by atoms with Crippen molar-refractivity contribution in [3.8, 4) is 0 Å². The van der Waals surface area contributed by atoms with E-state index in [2.05, 4.69) is 22.3 Å². The molecule has 3 heterocycles. The smallest absolute Gasteiger partial charge is 0.272 e. The molecule has 0 unspecified atom stereocenters. The molecule has 1 aromatic carbocycles. The van der Waals surface area contributed by atoms with Crippen LogP contribution in [0.4, 0.5) is 11.4 Å². The third-order valence-electron chi connectivity index (χ3n) is 4.74. The predicted molar refractivity (Wildman–Crippen MR) is 95.6 cm³/mol. The van der Waals surface area contributed by atoms with Crippen molar-refractivity contribution >= 4 is 28.4 Å². The summed E-state index contributed by atoms with van der Waals surface area (Å²) < 4.78 is 7.20. The maximum atomic E-state index is 12.5. The van der Waals surface area contributed by atoms with Crippen LogP contribution in [-0.4, -0.2) is 23.6 Å². The van der Waals surface area contributed by atoms with Crippen molar-refractivity contribution in [1.82, 2.24) is 4.57 Å². The molecular weight excluding hydrogens is 302 g/mol. The highest BCUT2D eigenvalue weighted by Crippen LogP contribution is 2.23.